The smallest absolute Gasteiger partial charge is 0.0727 e. The molecule has 1 heterocycles. The summed E-state index contributed by atoms with van der Waals surface area (Å²) in [5.74, 6) is 0. The minimum absolute atomic E-state index is 0. The Labute approximate surface area is 376 Å². The van der Waals surface area contributed by atoms with Gasteiger partial charge in [-0.1, -0.05) is 195 Å². The molecule has 0 saturated carbocycles. The monoisotopic (exact) mass is 818 g/mol. The van der Waals surface area contributed by atoms with Crippen LogP contribution in [0.2, 0.25) is 0 Å². The summed E-state index contributed by atoms with van der Waals surface area (Å²) in [5.41, 5.74) is 21.6. The Balaban J connectivity index is 0.00000234. The Morgan fingerprint density at radius 1 is 0.328 bits per heavy atom. The van der Waals surface area contributed by atoms with E-state index in [0.29, 0.717) is 0 Å². The van der Waals surface area contributed by atoms with Crippen LogP contribution >= 0.6 is 0 Å². The quantitative estimate of drug-likeness (QED) is 0.162. The highest BCUT2D eigenvalue weighted by atomic mass is 15.1. The third-order valence-corrected chi connectivity index (χ3v) is 13.6. The average Bonchev–Trinajstić information content (AvgIpc) is 3.97. The lowest BCUT2D eigenvalue weighted by molar-refractivity contribution is 0.793. The van der Waals surface area contributed by atoms with Gasteiger partial charge in [-0.05, 0) is 116 Å². The van der Waals surface area contributed by atoms with Crippen LogP contribution in [0.3, 0.4) is 0 Å². The molecule has 0 unspecified atom stereocenters. The second kappa shape index (κ2) is 14.7. The zero-order chi connectivity index (χ0) is 41.5. The predicted molar refractivity (Wildman–Crippen MR) is 271 cm³/mol. The zero-order valence-corrected chi connectivity index (χ0v) is 34.5. The number of para-hydroxylation sites is 2. The lowest BCUT2D eigenvalue weighted by Gasteiger charge is -2.32. The molecule has 0 amide bonds. The molecule has 0 saturated heterocycles. The van der Waals surface area contributed by atoms with Crippen molar-refractivity contribution in [1.82, 2.24) is 4.57 Å². The van der Waals surface area contributed by atoms with Gasteiger partial charge in [-0.3, -0.25) is 0 Å². The molecule has 64 heavy (non-hydrogen) atoms. The van der Waals surface area contributed by atoms with Crippen molar-refractivity contribution in [3.8, 4) is 50.2 Å². The molecule has 1 spiro atoms. The van der Waals surface area contributed by atoms with Crippen LogP contribution in [-0.2, 0) is 5.41 Å². The van der Waals surface area contributed by atoms with Crippen molar-refractivity contribution < 1.29 is 1.43 Å². The van der Waals surface area contributed by atoms with Gasteiger partial charge in [0, 0.05) is 34.8 Å². The Morgan fingerprint density at radius 2 is 0.766 bits per heavy atom. The summed E-state index contributed by atoms with van der Waals surface area (Å²) in [6.07, 6.45) is 0. The first kappa shape index (κ1) is 37.6. The largest absolute Gasteiger partial charge is 0.310 e. The molecule has 2 heteroatoms. The maximum atomic E-state index is 2.50. The molecule has 0 aliphatic heterocycles. The average molecular weight is 819 g/mol. The van der Waals surface area contributed by atoms with E-state index in [2.05, 4.69) is 252 Å². The maximum Gasteiger partial charge on any atom is 0.0727 e. The van der Waals surface area contributed by atoms with E-state index in [1.807, 2.05) is 0 Å². The third kappa shape index (κ3) is 5.39. The van der Waals surface area contributed by atoms with Crippen LogP contribution in [0.1, 0.15) is 31.1 Å². The fourth-order valence-electron chi connectivity index (χ4n) is 11.0. The van der Waals surface area contributed by atoms with Gasteiger partial charge in [0.1, 0.15) is 0 Å². The Kier molecular flexibility index (Phi) is 8.64. The van der Waals surface area contributed by atoms with Crippen LogP contribution in [0.5, 0.6) is 0 Å². The van der Waals surface area contributed by atoms with Gasteiger partial charge in [-0.15, -0.1) is 0 Å². The minimum atomic E-state index is -0.539. The van der Waals surface area contributed by atoms with Crippen molar-refractivity contribution >= 4 is 38.9 Å². The number of hydrogen-bond acceptors (Lipinski definition) is 1. The molecule has 0 bridgehead atoms. The molecule has 0 fully saturated rings. The van der Waals surface area contributed by atoms with Crippen molar-refractivity contribution in [2.24, 2.45) is 0 Å². The standard InChI is InChI=1S/C61H40N2.CH4.H2/c1-3-16-41(17-4-1)43-30-34-45(35-31-43)62(46-36-32-44(33-37-46)42-18-5-2-6-19-42)47-38-39-52-56(40-47)61(53-24-11-7-20-48(53)49-21-8-12-25-54(49)61)55-26-15-29-59(60(52)55)63-57-27-13-9-22-50(57)51-23-10-14-28-58(51)63;;/h1-40H;1H4;1H. The number of benzene rings is 10. The zero-order valence-electron chi connectivity index (χ0n) is 34.5. The fourth-order valence-corrected chi connectivity index (χ4v) is 11.0. The Hall–Kier alpha value is -8.20. The lowest BCUT2D eigenvalue weighted by Crippen LogP contribution is -2.26. The van der Waals surface area contributed by atoms with E-state index >= 15 is 0 Å². The SMILES string of the molecule is C.[HH].c1ccc(-c2ccc(N(c3ccc(-c4ccccc4)cc3)c3ccc4c(c3)C3(c5ccccc5-c5ccccc53)c3cccc(-n5c6ccccc6c6ccccc65)c3-4)cc2)cc1. The molecule has 11 aromatic rings. The van der Waals surface area contributed by atoms with Gasteiger partial charge in [0.25, 0.3) is 0 Å². The van der Waals surface area contributed by atoms with Crippen molar-refractivity contribution in [1.29, 1.82) is 0 Å². The van der Waals surface area contributed by atoms with Crippen LogP contribution in [-0.4, -0.2) is 4.57 Å². The lowest BCUT2D eigenvalue weighted by atomic mass is 9.70. The molecule has 2 aliphatic carbocycles. The molecule has 304 valence electrons. The summed E-state index contributed by atoms with van der Waals surface area (Å²) in [6, 6.07) is 89.5. The number of fused-ring (bicyclic) bond motifs is 13. The molecule has 13 rings (SSSR count). The molecular weight excluding hydrogens is 773 g/mol. The van der Waals surface area contributed by atoms with E-state index in [-0.39, 0.29) is 8.85 Å². The maximum absolute atomic E-state index is 2.50. The number of rotatable bonds is 6. The first-order valence-corrected chi connectivity index (χ1v) is 21.8. The summed E-state index contributed by atoms with van der Waals surface area (Å²) in [7, 11) is 0. The predicted octanol–water partition coefficient (Wildman–Crippen LogP) is 16.8. The van der Waals surface area contributed by atoms with E-state index in [4.69, 9.17) is 0 Å². The molecule has 2 aliphatic rings. The van der Waals surface area contributed by atoms with Gasteiger partial charge in [0.05, 0.1) is 22.1 Å². The highest BCUT2D eigenvalue weighted by Gasteiger charge is 2.52. The highest BCUT2D eigenvalue weighted by molar-refractivity contribution is 6.10. The van der Waals surface area contributed by atoms with E-state index < -0.39 is 5.41 Å². The van der Waals surface area contributed by atoms with Crippen molar-refractivity contribution in [3.63, 3.8) is 0 Å². The van der Waals surface area contributed by atoms with Crippen LogP contribution < -0.4 is 4.90 Å². The van der Waals surface area contributed by atoms with E-state index in [9.17, 15) is 0 Å². The molecule has 1 aromatic heterocycles. The number of nitrogens with zero attached hydrogens (tertiary/aromatic N) is 2. The second-order valence-electron chi connectivity index (χ2n) is 16.8. The van der Waals surface area contributed by atoms with E-state index in [0.717, 1.165) is 17.1 Å². The third-order valence-electron chi connectivity index (χ3n) is 13.6. The first-order valence-electron chi connectivity index (χ1n) is 21.8. The summed E-state index contributed by atoms with van der Waals surface area (Å²) < 4.78 is 2.50. The summed E-state index contributed by atoms with van der Waals surface area (Å²) in [5, 5.41) is 2.52. The van der Waals surface area contributed by atoms with Crippen molar-refractivity contribution in [2.45, 2.75) is 12.8 Å². The summed E-state index contributed by atoms with van der Waals surface area (Å²) in [6.45, 7) is 0. The Morgan fingerprint density at radius 3 is 1.31 bits per heavy atom. The van der Waals surface area contributed by atoms with E-state index in [1.54, 1.807) is 0 Å². The summed E-state index contributed by atoms with van der Waals surface area (Å²) in [4.78, 5) is 2.43. The van der Waals surface area contributed by atoms with E-state index in [1.165, 1.54) is 94.3 Å². The number of anilines is 3. The molecule has 0 N–H and O–H groups in total. The van der Waals surface area contributed by atoms with Crippen molar-refractivity contribution in [3.05, 3.63) is 265 Å². The van der Waals surface area contributed by atoms with Gasteiger partial charge in [-0.2, -0.15) is 0 Å². The number of hydrogen-bond donors (Lipinski definition) is 0. The minimum Gasteiger partial charge on any atom is -0.310 e. The summed E-state index contributed by atoms with van der Waals surface area (Å²) >= 11 is 0. The van der Waals surface area contributed by atoms with Gasteiger partial charge >= 0.3 is 0 Å². The second-order valence-corrected chi connectivity index (χ2v) is 16.8. The van der Waals surface area contributed by atoms with Crippen LogP contribution in [0.25, 0.3) is 72.0 Å². The highest BCUT2D eigenvalue weighted by Crippen LogP contribution is 2.64. The molecule has 10 aromatic carbocycles. The van der Waals surface area contributed by atoms with Gasteiger partial charge in [-0.25, -0.2) is 0 Å². The molecule has 0 radical (unpaired) electrons. The molecule has 0 atom stereocenters. The van der Waals surface area contributed by atoms with Crippen molar-refractivity contribution in [2.75, 3.05) is 4.90 Å². The fraction of sp³-hybridized carbons (Fsp3) is 0.0323. The van der Waals surface area contributed by atoms with Gasteiger partial charge < -0.3 is 9.47 Å². The van der Waals surface area contributed by atoms with Crippen LogP contribution in [0.4, 0.5) is 17.1 Å². The normalized spacial score (nSPS) is 12.7. The van der Waals surface area contributed by atoms with Gasteiger partial charge in [0.2, 0.25) is 0 Å². The molecular formula is C62H46N2. The van der Waals surface area contributed by atoms with Crippen LogP contribution in [0, 0.1) is 0 Å². The topological polar surface area (TPSA) is 8.17 Å². The Bertz CT molecular complexity index is 3370. The van der Waals surface area contributed by atoms with Gasteiger partial charge in [0.15, 0.2) is 0 Å². The number of aromatic nitrogens is 1. The van der Waals surface area contributed by atoms with Crippen LogP contribution in [0.15, 0.2) is 243 Å². The molecule has 2 nitrogen and oxygen atoms in total. The first-order chi connectivity index (χ1) is 31.3.